The Labute approximate surface area is 126 Å². The number of carboxylic acid groups (broad SMARTS) is 1. The monoisotopic (exact) mass is 313 g/mol. The van der Waals surface area contributed by atoms with Crippen LogP contribution in [0.25, 0.3) is 0 Å². The average molecular weight is 313 g/mol. The highest BCUT2D eigenvalue weighted by Gasteiger charge is 2.39. The van der Waals surface area contributed by atoms with E-state index in [1.807, 2.05) is 0 Å². The lowest BCUT2D eigenvalue weighted by atomic mass is 9.92. The maximum Gasteiger partial charge on any atom is 0.411 e. The van der Waals surface area contributed by atoms with Crippen LogP contribution in [0.15, 0.2) is 12.1 Å². The summed E-state index contributed by atoms with van der Waals surface area (Å²) in [6.45, 7) is 4.92. The van der Waals surface area contributed by atoms with E-state index in [2.05, 4.69) is 0 Å². The van der Waals surface area contributed by atoms with Gasteiger partial charge in [-0.2, -0.15) is 0 Å². The van der Waals surface area contributed by atoms with Crippen LogP contribution in [0.1, 0.15) is 37.9 Å². The summed E-state index contributed by atoms with van der Waals surface area (Å²) >= 11 is 0. The van der Waals surface area contributed by atoms with Crippen molar-refractivity contribution in [3.05, 3.63) is 34.9 Å². The Bertz CT molecular complexity index is 625. The minimum atomic E-state index is -1.39. The fourth-order valence-corrected chi connectivity index (χ4v) is 2.43. The summed E-state index contributed by atoms with van der Waals surface area (Å²) in [5.41, 5.74) is -0.718. The minimum Gasteiger partial charge on any atom is -0.479 e. The number of aliphatic carboxylic acids is 1. The highest BCUT2D eigenvalue weighted by molar-refractivity contribution is 5.82. The zero-order chi connectivity index (χ0) is 16.7. The molecule has 0 saturated heterocycles. The number of benzene rings is 1. The Morgan fingerprint density at radius 2 is 1.95 bits per heavy atom. The van der Waals surface area contributed by atoms with Gasteiger partial charge in [0.15, 0.2) is 17.7 Å². The summed E-state index contributed by atoms with van der Waals surface area (Å²) in [6.07, 6.45) is -0.766. The van der Waals surface area contributed by atoms with E-state index in [4.69, 9.17) is 4.74 Å². The summed E-state index contributed by atoms with van der Waals surface area (Å²) in [6, 6.07) is 0.667. The summed E-state index contributed by atoms with van der Waals surface area (Å²) in [5, 5.41) is 9.40. The van der Waals surface area contributed by atoms with Gasteiger partial charge in [0.05, 0.1) is 0 Å². The average Bonchev–Trinajstić information content (AvgIpc) is 2.39. The molecule has 1 amide bonds. The predicted molar refractivity (Wildman–Crippen MR) is 73.4 cm³/mol. The van der Waals surface area contributed by atoms with E-state index >= 15 is 0 Å². The standard InChI is InChI=1S/C15H17F2NO4/c1-15(2,3)22-14(21)18-7-6-8-9(12(18)13(19)20)4-5-10(16)11(8)17/h4-5,12H,6-7H2,1-3H3,(H,19,20). The van der Waals surface area contributed by atoms with E-state index in [0.717, 1.165) is 11.0 Å². The van der Waals surface area contributed by atoms with Crippen molar-refractivity contribution >= 4 is 12.1 Å². The maximum atomic E-state index is 13.8. The molecule has 0 radical (unpaired) electrons. The quantitative estimate of drug-likeness (QED) is 0.865. The van der Waals surface area contributed by atoms with Crippen LogP contribution >= 0.6 is 0 Å². The van der Waals surface area contributed by atoms with Crippen LogP contribution in [0, 0.1) is 11.6 Å². The molecule has 2 rings (SSSR count). The molecule has 0 spiro atoms. The van der Waals surface area contributed by atoms with Gasteiger partial charge in [0.2, 0.25) is 0 Å². The van der Waals surface area contributed by atoms with E-state index in [1.54, 1.807) is 20.8 Å². The molecule has 22 heavy (non-hydrogen) atoms. The summed E-state index contributed by atoms with van der Waals surface area (Å²) < 4.78 is 32.3. The molecule has 0 fully saturated rings. The van der Waals surface area contributed by atoms with Crippen LogP contribution in [0.5, 0.6) is 0 Å². The van der Waals surface area contributed by atoms with Crippen molar-refractivity contribution in [2.45, 2.75) is 38.8 Å². The predicted octanol–water partition coefficient (Wildman–Crippen LogP) is 2.88. The van der Waals surface area contributed by atoms with Crippen molar-refractivity contribution in [1.29, 1.82) is 0 Å². The largest absolute Gasteiger partial charge is 0.479 e. The second-order valence-corrected chi connectivity index (χ2v) is 6.09. The zero-order valence-corrected chi connectivity index (χ0v) is 12.5. The molecule has 1 unspecified atom stereocenters. The molecule has 5 nitrogen and oxygen atoms in total. The number of hydrogen-bond donors (Lipinski definition) is 1. The van der Waals surface area contributed by atoms with Gasteiger partial charge in [-0.05, 0) is 44.4 Å². The SMILES string of the molecule is CC(C)(C)OC(=O)N1CCc2c(ccc(F)c2F)C1C(=O)O. The van der Waals surface area contributed by atoms with E-state index in [9.17, 15) is 23.5 Å². The molecule has 0 bridgehead atoms. The minimum absolute atomic E-state index is 0.00721. The van der Waals surface area contributed by atoms with Crippen molar-refractivity contribution < 1.29 is 28.2 Å². The summed E-state index contributed by atoms with van der Waals surface area (Å²) in [5.74, 6) is -3.42. The number of fused-ring (bicyclic) bond motifs is 1. The number of amides is 1. The normalized spacial score (nSPS) is 17.9. The van der Waals surface area contributed by atoms with Gasteiger partial charge < -0.3 is 9.84 Å². The van der Waals surface area contributed by atoms with Crippen molar-refractivity contribution in [2.24, 2.45) is 0 Å². The maximum absolute atomic E-state index is 13.8. The Hall–Kier alpha value is -2.18. The summed E-state index contributed by atoms with van der Waals surface area (Å²) in [4.78, 5) is 24.7. The second-order valence-electron chi connectivity index (χ2n) is 6.09. The molecule has 1 N–H and O–H groups in total. The third kappa shape index (κ3) is 3.03. The Morgan fingerprint density at radius 3 is 2.50 bits per heavy atom. The number of halogens is 2. The van der Waals surface area contributed by atoms with E-state index in [-0.39, 0.29) is 24.1 Å². The number of ether oxygens (including phenoxy) is 1. The number of hydrogen-bond acceptors (Lipinski definition) is 3. The highest BCUT2D eigenvalue weighted by Crippen LogP contribution is 2.33. The van der Waals surface area contributed by atoms with Crippen LogP contribution in [0.4, 0.5) is 13.6 Å². The molecule has 1 aliphatic rings. The number of carboxylic acids is 1. The molecule has 1 aromatic carbocycles. The summed E-state index contributed by atoms with van der Waals surface area (Å²) in [7, 11) is 0. The number of carbonyl (C=O) groups excluding carboxylic acids is 1. The fraction of sp³-hybridized carbons (Fsp3) is 0.467. The smallest absolute Gasteiger partial charge is 0.411 e. The molecule has 1 heterocycles. The van der Waals surface area contributed by atoms with Crippen molar-refractivity contribution in [3.8, 4) is 0 Å². The third-order valence-corrected chi connectivity index (χ3v) is 3.30. The van der Waals surface area contributed by atoms with Crippen LogP contribution in [0.2, 0.25) is 0 Å². The molecule has 1 atom stereocenters. The lowest BCUT2D eigenvalue weighted by Crippen LogP contribution is -2.46. The van der Waals surface area contributed by atoms with Crippen LogP contribution < -0.4 is 0 Å². The van der Waals surface area contributed by atoms with Crippen molar-refractivity contribution in [1.82, 2.24) is 4.90 Å². The lowest BCUT2D eigenvalue weighted by molar-refractivity contribution is -0.143. The lowest BCUT2D eigenvalue weighted by Gasteiger charge is -2.35. The van der Waals surface area contributed by atoms with Gasteiger partial charge in [-0.1, -0.05) is 6.07 Å². The number of nitrogens with zero attached hydrogens (tertiary/aromatic N) is 1. The van der Waals surface area contributed by atoms with Gasteiger partial charge in [0.25, 0.3) is 0 Å². The first-order valence-electron chi connectivity index (χ1n) is 6.81. The second kappa shape index (κ2) is 5.55. The molecule has 7 heteroatoms. The van der Waals surface area contributed by atoms with Gasteiger partial charge in [-0.15, -0.1) is 0 Å². The molecule has 0 aliphatic carbocycles. The first kappa shape index (κ1) is 16.2. The van der Waals surface area contributed by atoms with Gasteiger partial charge >= 0.3 is 12.1 Å². The molecular formula is C15H17F2NO4. The topological polar surface area (TPSA) is 66.8 Å². The number of carbonyl (C=O) groups is 2. The van der Waals surface area contributed by atoms with Crippen molar-refractivity contribution in [2.75, 3.05) is 6.54 Å². The Morgan fingerprint density at radius 1 is 1.32 bits per heavy atom. The van der Waals surface area contributed by atoms with Crippen LogP contribution in [-0.4, -0.2) is 34.2 Å². The molecule has 120 valence electrons. The Kier molecular flexibility index (Phi) is 4.08. The van der Waals surface area contributed by atoms with Gasteiger partial charge in [0.1, 0.15) is 5.60 Å². The first-order valence-corrected chi connectivity index (χ1v) is 6.81. The van der Waals surface area contributed by atoms with Crippen LogP contribution in [0.3, 0.4) is 0 Å². The molecular weight excluding hydrogens is 296 g/mol. The number of rotatable bonds is 1. The van der Waals surface area contributed by atoms with Crippen LogP contribution in [-0.2, 0) is 16.0 Å². The van der Waals surface area contributed by atoms with E-state index in [1.165, 1.54) is 6.07 Å². The van der Waals surface area contributed by atoms with Gasteiger partial charge in [-0.25, -0.2) is 18.4 Å². The zero-order valence-electron chi connectivity index (χ0n) is 12.5. The Balaban J connectivity index is 2.41. The molecule has 0 saturated carbocycles. The van der Waals surface area contributed by atoms with E-state index in [0.29, 0.717) is 0 Å². The highest BCUT2D eigenvalue weighted by atomic mass is 19.2. The van der Waals surface area contributed by atoms with Crippen molar-refractivity contribution in [3.63, 3.8) is 0 Å². The molecule has 1 aromatic rings. The van der Waals surface area contributed by atoms with Gasteiger partial charge in [0, 0.05) is 6.54 Å². The van der Waals surface area contributed by atoms with E-state index < -0.39 is 35.3 Å². The molecule has 1 aliphatic heterocycles. The van der Waals surface area contributed by atoms with Gasteiger partial charge in [-0.3, -0.25) is 4.90 Å². The third-order valence-electron chi connectivity index (χ3n) is 3.30. The first-order chi connectivity index (χ1) is 10.1. The molecule has 0 aromatic heterocycles. The fourth-order valence-electron chi connectivity index (χ4n) is 2.43.